The molecule has 1 aromatic heterocycles. The highest BCUT2D eigenvalue weighted by Gasteiger charge is 2.28. The first-order valence-electron chi connectivity index (χ1n) is 8.73. The van der Waals surface area contributed by atoms with Crippen molar-refractivity contribution in [3.8, 4) is 11.5 Å². The summed E-state index contributed by atoms with van der Waals surface area (Å²) in [5.41, 5.74) is 0. The van der Waals surface area contributed by atoms with Crippen LogP contribution in [0, 0.1) is 4.77 Å². The Bertz CT molecular complexity index is 841. The highest BCUT2D eigenvalue weighted by Crippen LogP contribution is 2.35. The summed E-state index contributed by atoms with van der Waals surface area (Å²) in [7, 11) is 0. The predicted molar refractivity (Wildman–Crippen MR) is 98.9 cm³/mol. The molecule has 26 heavy (non-hydrogen) atoms. The number of rotatable bonds is 5. The van der Waals surface area contributed by atoms with Crippen LogP contribution in [-0.4, -0.2) is 52.2 Å². The van der Waals surface area contributed by atoms with Crippen LogP contribution < -0.4 is 9.47 Å². The van der Waals surface area contributed by atoms with Crippen LogP contribution in [0.4, 0.5) is 0 Å². The Labute approximate surface area is 157 Å². The molecule has 7 nitrogen and oxygen atoms in total. The summed E-state index contributed by atoms with van der Waals surface area (Å²) in [5, 5.41) is 4.76. The molecule has 4 rings (SSSR count). The number of nitrogens with zero attached hydrogens (tertiary/aromatic N) is 4. The monoisotopic (exact) mass is 374 g/mol. The molecule has 0 bridgehead atoms. The Morgan fingerprint density at radius 2 is 2.00 bits per heavy atom. The molecule has 0 amide bonds. The molecule has 1 atom stereocenters. The first kappa shape index (κ1) is 17.3. The van der Waals surface area contributed by atoms with Crippen LogP contribution in [0.3, 0.4) is 0 Å². The highest BCUT2D eigenvalue weighted by atomic mass is 32.1. The fourth-order valence-corrected chi connectivity index (χ4v) is 3.43. The number of benzene rings is 1. The minimum atomic E-state index is -0.308. The zero-order valence-electron chi connectivity index (χ0n) is 14.5. The van der Waals surface area contributed by atoms with Gasteiger partial charge in [0.15, 0.2) is 28.2 Å². The van der Waals surface area contributed by atoms with Crippen LogP contribution >= 0.6 is 12.2 Å². The van der Waals surface area contributed by atoms with E-state index >= 15 is 0 Å². The van der Waals surface area contributed by atoms with Gasteiger partial charge in [0, 0.05) is 19.6 Å². The smallest absolute Gasteiger partial charge is 0.199 e. The van der Waals surface area contributed by atoms with Gasteiger partial charge in [-0.3, -0.25) is 9.47 Å². The molecule has 2 aromatic rings. The Hall–Kier alpha value is -2.16. The summed E-state index contributed by atoms with van der Waals surface area (Å²) < 4.78 is 21.9. The number of hydrogen-bond acceptors (Lipinski definition) is 6. The average Bonchev–Trinajstić information content (AvgIpc) is 2.98. The molecule has 1 saturated heterocycles. The quantitative estimate of drug-likeness (QED) is 0.592. The summed E-state index contributed by atoms with van der Waals surface area (Å²) in [6.45, 7) is 8.70. The van der Waals surface area contributed by atoms with Crippen LogP contribution in [0.1, 0.15) is 11.9 Å². The minimum Gasteiger partial charge on any atom is -0.485 e. The highest BCUT2D eigenvalue weighted by molar-refractivity contribution is 7.71. The van der Waals surface area contributed by atoms with E-state index in [0.717, 1.165) is 43.6 Å². The lowest BCUT2D eigenvalue weighted by Gasteiger charge is -2.26. The molecule has 1 aromatic carbocycles. The lowest BCUT2D eigenvalue weighted by Crippen LogP contribution is -2.37. The third-order valence-corrected chi connectivity index (χ3v) is 4.93. The van der Waals surface area contributed by atoms with Crippen LogP contribution in [0.25, 0.3) is 0 Å². The van der Waals surface area contributed by atoms with Crippen molar-refractivity contribution in [2.45, 2.75) is 19.3 Å². The normalized spacial score (nSPS) is 20.1. The van der Waals surface area contributed by atoms with Gasteiger partial charge in [-0.05, 0) is 24.4 Å². The lowest BCUT2D eigenvalue weighted by molar-refractivity contribution is 0.0206. The van der Waals surface area contributed by atoms with Gasteiger partial charge >= 0.3 is 0 Å². The maximum absolute atomic E-state index is 6.13. The number of morpholine rings is 1. The molecular formula is C18H22N4O3S. The largest absolute Gasteiger partial charge is 0.485 e. The van der Waals surface area contributed by atoms with E-state index < -0.39 is 0 Å². The molecule has 2 aliphatic rings. The van der Waals surface area contributed by atoms with Crippen LogP contribution in [0.5, 0.6) is 11.5 Å². The Kier molecular flexibility index (Phi) is 5.05. The average molecular weight is 374 g/mol. The first-order chi connectivity index (χ1) is 12.8. The fraction of sp³-hybridized carbons (Fsp3) is 0.444. The topological polar surface area (TPSA) is 53.7 Å². The molecule has 1 fully saturated rings. The maximum atomic E-state index is 6.13. The predicted octanol–water partition coefficient (Wildman–Crippen LogP) is 2.40. The summed E-state index contributed by atoms with van der Waals surface area (Å²) in [6.07, 6.45) is 1.51. The molecule has 2 aliphatic heterocycles. The zero-order chi connectivity index (χ0) is 17.9. The summed E-state index contributed by atoms with van der Waals surface area (Å²) in [4.78, 5) is 2.28. The van der Waals surface area contributed by atoms with Gasteiger partial charge < -0.3 is 14.2 Å². The third-order valence-electron chi connectivity index (χ3n) is 4.50. The molecule has 0 unspecified atom stereocenters. The van der Waals surface area contributed by atoms with E-state index in [1.807, 2.05) is 39.6 Å². The van der Waals surface area contributed by atoms with E-state index in [1.165, 1.54) is 0 Å². The second kappa shape index (κ2) is 7.61. The molecule has 0 N–H and O–H groups in total. The van der Waals surface area contributed by atoms with Gasteiger partial charge in [0.25, 0.3) is 0 Å². The molecule has 3 heterocycles. The number of aromatic nitrogens is 3. The Balaban J connectivity index is 1.61. The van der Waals surface area contributed by atoms with Gasteiger partial charge in [-0.1, -0.05) is 18.2 Å². The van der Waals surface area contributed by atoms with Crippen molar-refractivity contribution in [1.29, 1.82) is 0 Å². The van der Waals surface area contributed by atoms with E-state index in [9.17, 15) is 0 Å². The molecule has 8 heteroatoms. The standard InChI is InChI=1S/C18H22N4O3S/c1-2-7-21-17(16-12-24-14-5-3-4-6-15(14)25-16)19-22(18(21)26)13-20-8-10-23-11-9-20/h2-6,16H,1,7-13H2/t16-/m0/s1. The van der Waals surface area contributed by atoms with E-state index in [1.54, 1.807) is 0 Å². The van der Waals surface area contributed by atoms with Gasteiger partial charge in [0.1, 0.15) is 6.61 Å². The fourth-order valence-electron chi connectivity index (χ4n) is 3.17. The van der Waals surface area contributed by atoms with Crippen molar-refractivity contribution in [1.82, 2.24) is 19.2 Å². The Morgan fingerprint density at radius 1 is 1.23 bits per heavy atom. The van der Waals surface area contributed by atoms with Crippen LogP contribution in [0.15, 0.2) is 36.9 Å². The van der Waals surface area contributed by atoms with Gasteiger partial charge in [0.05, 0.1) is 19.9 Å². The van der Waals surface area contributed by atoms with Crippen molar-refractivity contribution in [3.05, 3.63) is 47.5 Å². The second-order valence-corrected chi connectivity index (χ2v) is 6.64. The van der Waals surface area contributed by atoms with Gasteiger partial charge in [-0.25, -0.2) is 4.68 Å². The molecular weight excluding hydrogens is 352 g/mol. The van der Waals surface area contributed by atoms with Gasteiger partial charge in [-0.15, -0.1) is 6.58 Å². The minimum absolute atomic E-state index is 0.308. The van der Waals surface area contributed by atoms with Gasteiger partial charge in [0.2, 0.25) is 0 Å². The van der Waals surface area contributed by atoms with E-state index in [4.69, 9.17) is 31.5 Å². The summed E-state index contributed by atoms with van der Waals surface area (Å²) in [5.74, 6) is 2.24. The van der Waals surface area contributed by atoms with Crippen LogP contribution in [-0.2, 0) is 18.0 Å². The Morgan fingerprint density at radius 3 is 2.77 bits per heavy atom. The third kappa shape index (κ3) is 3.40. The number of para-hydroxylation sites is 2. The van der Waals surface area contributed by atoms with Gasteiger partial charge in [-0.2, -0.15) is 5.10 Å². The van der Waals surface area contributed by atoms with Crippen molar-refractivity contribution in [2.75, 3.05) is 32.9 Å². The van der Waals surface area contributed by atoms with Crippen molar-refractivity contribution < 1.29 is 14.2 Å². The number of fused-ring (bicyclic) bond motifs is 1. The van der Waals surface area contributed by atoms with Crippen molar-refractivity contribution in [2.24, 2.45) is 0 Å². The van der Waals surface area contributed by atoms with E-state index in [2.05, 4.69) is 11.5 Å². The van der Waals surface area contributed by atoms with Crippen LogP contribution in [0.2, 0.25) is 0 Å². The number of hydrogen-bond donors (Lipinski definition) is 0. The van der Waals surface area contributed by atoms with E-state index in [-0.39, 0.29) is 6.10 Å². The number of ether oxygens (including phenoxy) is 3. The molecule has 138 valence electrons. The molecule has 0 aliphatic carbocycles. The summed E-state index contributed by atoms with van der Waals surface area (Å²) >= 11 is 5.66. The molecule has 0 saturated carbocycles. The zero-order valence-corrected chi connectivity index (χ0v) is 15.4. The maximum Gasteiger partial charge on any atom is 0.199 e. The number of allylic oxidation sites excluding steroid dienone is 1. The SMILES string of the molecule is C=CCn1c([C@@H]2COc3ccccc3O2)nn(CN2CCOCC2)c1=S. The molecule has 0 spiro atoms. The first-order valence-corrected chi connectivity index (χ1v) is 9.14. The second-order valence-electron chi connectivity index (χ2n) is 6.28. The van der Waals surface area contributed by atoms with E-state index in [0.29, 0.717) is 24.6 Å². The summed E-state index contributed by atoms with van der Waals surface area (Å²) in [6, 6.07) is 7.66. The lowest BCUT2D eigenvalue weighted by atomic mass is 10.2. The van der Waals surface area contributed by atoms with Crippen molar-refractivity contribution >= 4 is 12.2 Å². The van der Waals surface area contributed by atoms with Crippen molar-refractivity contribution in [3.63, 3.8) is 0 Å². The molecule has 0 radical (unpaired) electrons.